The number of nitrogens with one attached hydrogen (secondary N) is 1. The van der Waals surface area contributed by atoms with Crippen LogP contribution in [0.1, 0.15) is 26.2 Å². The van der Waals surface area contributed by atoms with Gasteiger partial charge in [-0.25, -0.2) is 4.98 Å². The Morgan fingerprint density at radius 3 is 2.68 bits per heavy atom. The lowest BCUT2D eigenvalue weighted by atomic mass is 10.0. The van der Waals surface area contributed by atoms with Crippen molar-refractivity contribution in [1.82, 2.24) is 15.2 Å². The third kappa shape index (κ3) is 3.86. The Morgan fingerprint density at radius 1 is 1.16 bits per heavy atom. The highest BCUT2D eigenvalue weighted by Gasteiger charge is 2.08. The number of benzene rings is 1. The van der Waals surface area contributed by atoms with Crippen LogP contribution >= 0.6 is 0 Å². The molecule has 2 aromatic rings. The quantitative estimate of drug-likeness (QED) is 0.799. The Kier molecular flexibility index (Phi) is 5.03. The zero-order chi connectivity index (χ0) is 13.5. The Balaban J connectivity index is 2.00. The molecular formula is C14H20N4O. The highest BCUT2D eigenvalue weighted by molar-refractivity contribution is 5.73. The van der Waals surface area contributed by atoms with Gasteiger partial charge in [0, 0.05) is 13.2 Å². The molecule has 1 aromatic heterocycles. The molecule has 0 bridgehead atoms. The van der Waals surface area contributed by atoms with E-state index in [4.69, 9.17) is 5.11 Å². The fraction of sp³-hybridized carbons (Fsp3) is 0.500. The summed E-state index contributed by atoms with van der Waals surface area (Å²) in [5.74, 6) is 1.00. The van der Waals surface area contributed by atoms with Crippen LogP contribution in [0.15, 0.2) is 24.3 Å². The Hall–Kier alpha value is -1.75. The van der Waals surface area contributed by atoms with E-state index >= 15 is 0 Å². The number of hydrogen-bond donors (Lipinski definition) is 2. The van der Waals surface area contributed by atoms with E-state index < -0.39 is 0 Å². The summed E-state index contributed by atoms with van der Waals surface area (Å²) in [4.78, 5) is 4.42. The van der Waals surface area contributed by atoms with Crippen LogP contribution in [0.3, 0.4) is 0 Å². The average Bonchev–Trinajstić information content (AvgIpc) is 2.45. The minimum atomic E-state index is 0.225. The SMILES string of the molecule is CCCC(CCO)CNc1nnc2ccccc2n1. The van der Waals surface area contributed by atoms with Crippen LogP contribution in [0.4, 0.5) is 5.95 Å². The van der Waals surface area contributed by atoms with Gasteiger partial charge >= 0.3 is 0 Å². The van der Waals surface area contributed by atoms with Gasteiger partial charge < -0.3 is 10.4 Å². The van der Waals surface area contributed by atoms with E-state index in [1.54, 1.807) is 0 Å². The van der Waals surface area contributed by atoms with Gasteiger partial charge in [0.15, 0.2) is 0 Å². The van der Waals surface area contributed by atoms with Crippen LogP contribution < -0.4 is 5.32 Å². The number of para-hydroxylation sites is 1. The maximum Gasteiger partial charge on any atom is 0.243 e. The molecule has 2 rings (SSSR count). The van der Waals surface area contributed by atoms with E-state index in [1.165, 1.54) is 0 Å². The molecule has 1 unspecified atom stereocenters. The molecule has 0 amide bonds. The Morgan fingerprint density at radius 2 is 1.95 bits per heavy atom. The van der Waals surface area contributed by atoms with Gasteiger partial charge in [0.2, 0.25) is 5.95 Å². The fourth-order valence-corrected chi connectivity index (χ4v) is 2.13. The van der Waals surface area contributed by atoms with Crippen LogP contribution in [-0.2, 0) is 0 Å². The third-order valence-corrected chi connectivity index (χ3v) is 3.14. The molecule has 0 aliphatic heterocycles. The Bertz CT molecular complexity index is 512. The van der Waals surface area contributed by atoms with Crippen LogP contribution in [0.2, 0.25) is 0 Å². The molecule has 0 spiro atoms. The standard InChI is InChI=1S/C14H20N4O/c1-2-5-11(8-9-19)10-15-14-16-12-6-3-4-7-13(12)17-18-14/h3-4,6-7,11,19H,2,5,8-10H2,1H3,(H,15,16,18). The van der Waals surface area contributed by atoms with Crippen molar-refractivity contribution in [2.45, 2.75) is 26.2 Å². The van der Waals surface area contributed by atoms with E-state index in [1.807, 2.05) is 24.3 Å². The van der Waals surface area contributed by atoms with E-state index in [0.717, 1.165) is 36.8 Å². The lowest BCUT2D eigenvalue weighted by molar-refractivity contribution is 0.255. The van der Waals surface area contributed by atoms with Crippen molar-refractivity contribution in [1.29, 1.82) is 0 Å². The molecule has 0 fully saturated rings. The first-order valence-electron chi connectivity index (χ1n) is 6.77. The maximum atomic E-state index is 9.03. The zero-order valence-corrected chi connectivity index (χ0v) is 11.2. The predicted octanol–water partition coefficient (Wildman–Crippen LogP) is 2.24. The van der Waals surface area contributed by atoms with Crippen molar-refractivity contribution in [2.24, 2.45) is 5.92 Å². The minimum absolute atomic E-state index is 0.225. The molecule has 5 heteroatoms. The normalized spacial score (nSPS) is 12.5. The number of nitrogens with zero attached hydrogens (tertiary/aromatic N) is 3. The largest absolute Gasteiger partial charge is 0.396 e. The summed E-state index contributed by atoms with van der Waals surface area (Å²) < 4.78 is 0. The number of rotatable bonds is 7. The molecule has 1 atom stereocenters. The molecule has 5 nitrogen and oxygen atoms in total. The predicted molar refractivity (Wildman–Crippen MR) is 75.9 cm³/mol. The first-order valence-corrected chi connectivity index (χ1v) is 6.77. The van der Waals surface area contributed by atoms with Crippen molar-refractivity contribution < 1.29 is 5.11 Å². The topological polar surface area (TPSA) is 70.9 Å². The second kappa shape index (κ2) is 6.99. The van der Waals surface area contributed by atoms with E-state index in [9.17, 15) is 0 Å². The lowest BCUT2D eigenvalue weighted by Gasteiger charge is -2.15. The fourth-order valence-electron chi connectivity index (χ4n) is 2.13. The summed E-state index contributed by atoms with van der Waals surface area (Å²) in [6, 6.07) is 7.67. The number of aromatic nitrogens is 3. The summed E-state index contributed by atoms with van der Waals surface area (Å²) in [6.45, 7) is 3.15. The van der Waals surface area contributed by atoms with E-state index in [0.29, 0.717) is 11.9 Å². The van der Waals surface area contributed by atoms with Gasteiger partial charge in [-0.1, -0.05) is 25.5 Å². The zero-order valence-electron chi connectivity index (χ0n) is 11.2. The number of aliphatic hydroxyl groups is 1. The molecule has 1 heterocycles. The first-order chi connectivity index (χ1) is 9.33. The summed E-state index contributed by atoms with van der Waals surface area (Å²) in [5, 5.41) is 20.4. The van der Waals surface area contributed by atoms with Crippen molar-refractivity contribution in [3.8, 4) is 0 Å². The second-order valence-electron chi connectivity index (χ2n) is 4.67. The minimum Gasteiger partial charge on any atom is -0.396 e. The Labute approximate surface area is 113 Å². The van der Waals surface area contributed by atoms with Gasteiger partial charge in [0.05, 0.1) is 5.52 Å². The van der Waals surface area contributed by atoms with Crippen molar-refractivity contribution in [3.63, 3.8) is 0 Å². The summed E-state index contributed by atoms with van der Waals surface area (Å²) in [5.41, 5.74) is 1.64. The molecule has 0 saturated heterocycles. The highest BCUT2D eigenvalue weighted by Crippen LogP contribution is 2.13. The summed E-state index contributed by atoms with van der Waals surface area (Å²) >= 11 is 0. The van der Waals surface area contributed by atoms with Crippen molar-refractivity contribution >= 4 is 17.0 Å². The first kappa shape index (κ1) is 13.7. The van der Waals surface area contributed by atoms with Crippen LogP contribution in [0, 0.1) is 5.92 Å². The molecule has 2 N–H and O–H groups in total. The number of fused-ring (bicyclic) bond motifs is 1. The number of hydrogen-bond acceptors (Lipinski definition) is 5. The van der Waals surface area contributed by atoms with Gasteiger partial charge in [-0.15, -0.1) is 10.2 Å². The van der Waals surface area contributed by atoms with Crippen LogP contribution in [0.5, 0.6) is 0 Å². The number of anilines is 1. The van der Waals surface area contributed by atoms with Crippen LogP contribution in [-0.4, -0.2) is 33.4 Å². The van der Waals surface area contributed by atoms with Gasteiger partial charge in [-0.05, 0) is 30.9 Å². The molecule has 19 heavy (non-hydrogen) atoms. The smallest absolute Gasteiger partial charge is 0.243 e. The van der Waals surface area contributed by atoms with Gasteiger partial charge in [-0.2, -0.15) is 0 Å². The van der Waals surface area contributed by atoms with Crippen LogP contribution in [0.25, 0.3) is 11.0 Å². The van der Waals surface area contributed by atoms with Gasteiger partial charge in [0.25, 0.3) is 0 Å². The van der Waals surface area contributed by atoms with Crippen molar-refractivity contribution in [2.75, 3.05) is 18.5 Å². The summed E-state index contributed by atoms with van der Waals surface area (Å²) in [6.07, 6.45) is 3.01. The van der Waals surface area contributed by atoms with Crippen molar-refractivity contribution in [3.05, 3.63) is 24.3 Å². The molecule has 102 valence electrons. The average molecular weight is 260 g/mol. The lowest BCUT2D eigenvalue weighted by Crippen LogP contribution is -2.17. The molecule has 0 aliphatic rings. The second-order valence-corrected chi connectivity index (χ2v) is 4.67. The monoisotopic (exact) mass is 260 g/mol. The molecule has 0 saturated carbocycles. The molecule has 1 aromatic carbocycles. The number of aliphatic hydroxyl groups excluding tert-OH is 1. The van der Waals surface area contributed by atoms with Gasteiger partial charge in [-0.3, -0.25) is 0 Å². The molecule has 0 aliphatic carbocycles. The third-order valence-electron chi connectivity index (χ3n) is 3.14. The van der Waals surface area contributed by atoms with Gasteiger partial charge in [0.1, 0.15) is 5.52 Å². The molecular weight excluding hydrogens is 240 g/mol. The maximum absolute atomic E-state index is 9.03. The van der Waals surface area contributed by atoms with E-state index in [2.05, 4.69) is 27.4 Å². The molecule has 0 radical (unpaired) electrons. The van der Waals surface area contributed by atoms with E-state index in [-0.39, 0.29) is 6.61 Å². The summed E-state index contributed by atoms with van der Waals surface area (Å²) in [7, 11) is 0. The highest BCUT2D eigenvalue weighted by atomic mass is 16.3.